The molecule has 0 fully saturated rings. The second-order valence-corrected chi connectivity index (χ2v) is 5.29. The number of benzene rings is 1. The van der Waals surface area contributed by atoms with Crippen LogP contribution in [-0.2, 0) is 0 Å². The third kappa shape index (κ3) is 6.80. The molecule has 0 bridgehead atoms. The maximum Gasteiger partial charge on any atom is 0.150 e. The first-order chi connectivity index (χ1) is 9.11. The average molecular weight is 260 g/mol. The van der Waals surface area contributed by atoms with Crippen molar-refractivity contribution in [2.45, 2.75) is 40.0 Å². The van der Waals surface area contributed by atoms with E-state index in [2.05, 4.69) is 26.8 Å². The molecule has 0 saturated carbocycles. The van der Waals surface area contributed by atoms with Crippen LogP contribution in [0.4, 0.5) is 0 Å². The second-order valence-electron chi connectivity index (χ2n) is 5.29. The number of rotatable bonds is 8. The van der Waals surface area contributed by atoms with Crippen LogP contribution < -0.4 is 4.74 Å². The van der Waals surface area contributed by atoms with Gasteiger partial charge in [0, 0.05) is 5.56 Å². The summed E-state index contributed by atoms with van der Waals surface area (Å²) in [5.41, 5.74) is 2.04. The Morgan fingerprint density at radius 2 is 2.11 bits per heavy atom. The molecular formula is C17H24O2. The van der Waals surface area contributed by atoms with Crippen molar-refractivity contribution in [3.05, 3.63) is 41.5 Å². The van der Waals surface area contributed by atoms with Gasteiger partial charge in [0.05, 0.1) is 6.61 Å². The normalized spacial score (nSPS) is 11.7. The van der Waals surface area contributed by atoms with Crippen LogP contribution in [-0.4, -0.2) is 12.9 Å². The number of ether oxygens (including phenoxy) is 1. The maximum atomic E-state index is 10.7. The fourth-order valence-corrected chi connectivity index (χ4v) is 1.86. The van der Waals surface area contributed by atoms with E-state index in [1.54, 1.807) is 12.1 Å². The monoisotopic (exact) mass is 260 g/mol. The molecule has 0 spiro atoms. The largest absolute Gasteiger partial charge is 0.494 e. The van der Waals surface area contributed by atoms with Crippen LogP contribution in [0.3, 0.4) is 0 Å². The summed E-state index contributed by atoms with van der Waals surface area (Å²) in [4.78, 5) is 10.7. The minimum absolute atomic E-state index is 0.657. The molecule has 0 aliphatic rings. The molecule has 1 aromatic rings. The predicted octanol–water partition coefficient (Wildman–Crippen LogP) is 4.65. The lowest BCUT2D eigenvalue weighted by molar-refractivity contribution is 0.112. The van der Waals surface area contributed by atoms with Gasteiger partial charge in [0.1, 0.15) is 12.0 Å². The highest BCUT2D eigenvalue weighted by Gasteiger charge is 2.02. The zero-order chi connectivity index (χ0) is 14.1. The van der Waals surface area contributed by atoms with Crippen molar-refractivity contribution in [1.29, 1.82) is 0 Å². The number of hydrogen-bond acceptors (Lipinski definition) is 2. The smallest absolute Gasteiger partial charge is 0.150 e. The zero-order valence-electron chi connectivity index (χ0n) is 12.2. The number of hydrogen-bond donors (Lipinski definition) is 0. The van der Waals surface area contributed by atoms with Gasteiger partial charge in [-0.05, 0) is 51.2 Å². The number of carbonyl (C=O) groups is 1. The summed E-state index contributed by atoms with van der Waals surface area (Å²) in [7, 11) is 0. The highest BCUT2D eigenvalue weighted by atomic mass is 16.5. The molecule has 0 radical (unpaired) electrons. The summed E-state index contributed by atoms with van der Waals surface area (Å²) in [5, 5.41) is 0. The van der Waals surface area contributed by atoms with Crippen LogP contribution in [0, 0.1) is 5.92 Å². The van der Waals surface area contributed by atoms with E-state index >= 15 is 0 Å². The molecular weight excluding hydrogens is 236 g/mol. The van der Waals surface area contributed by atoms with Gasteiger partial charge in [-0.1, -0.05) is 30.7 Å². The van der Waals surface area contributed by atoms with E-state index in [1.807, 2.05) is 12.1 Å². The Labute approximate surface area is 116 Å². The Morgan fingerprint density at radius 3 is 2.79 bits per heavy atom. The quantitative estimate of drug-likeness (QED) is 0.502. The Bertz CT molecular complexity index is 417. The van der Waals surface area contributed by atoms with E-state index in [1.165, 1.54) is 12.0 Å². The van der Waals surface area contributed by atoms with E-state index < -0.39 is 0 Å². The van der Waals surface area contributed by atoms with Crippen molar-refractivity contribution >= 4 is 6.29 Å². The molecule has 0 N–H and O–H groups in total. The SMILES string of the molecule is CC(C)=CCCC(C)CCOc1cccc(C=O)c1. The van der Waals surface area contributed by atoms with E-state index in [0.717, 1.165) is 24.9 Å². The summed E-state index contributed by atoms with van der Waals surface area (Å²) in [6.45, 7) is 7.23. The third-order valence-electron chi connectivity index (χ3n) is 3.09. The van der Waals surface area contributed by atoms with Crippen LogP contribution >= 0.6 is 0 Å². The maximum absolute atomic E-state index is 10.7. The molecule has 1 unspecified atom stereocenters. The second kappa shape index (κ2) is 8.52. The van der Waals surface area contributed by atoms with E-state index in [-0.39, 0.29) is 0 Å². The van der Waals surface area contributed by atoms with Gasteiger partial charge in [-0.3, -0.25) is 4.79 Å². The highest BCUT2D eigenvalue weighted by Crippen LogP contribution is 2.15. The van der Waals surface area contributed by atoms with Crippen molar-refractivity contribution in [2.75, 3.05) is 6.61 Å². The molecule has 1 rings (SSSR count). The van der Waals surface area contributed by atoms with Crippen molar-refractivity contribution in [3.63, 3.8) is 0 Å². The van der Waals surface area contributed by atoms with Crippen molar-refractivity contribution in [3.8, 4) is 5.75 Å². The predicted molar refractivity (Wildman–Crippen MR) is 79.8 cm³/mol. The Balaban J connectivity index is 2.25. The molecule has 0 aromatic heterocycles. The summed E-state index contributed by atoms with van der Waals surface area (Å²) in [6, 6.07) is 7.29. The summed E-state index contributed by atoms with van der Waals surface area (Å²) >= 11 is 0. The zero-order valence-corrected chi connectivity index (χ0v) is 12.2. The van der Waals surface area contributed by atoms with Crippen LogP contribution in [0.1, 0.15) is 50.4 Å². The Kier molecular flexibility index (Phi) is 6.94. The van der Waals surface area contributed by atoms with Gasteiger partial charge in [-0.25, -0.2) is 0 Å². The minimum Gasteiger partial charge on any atom is -0.494 e. The molecule has 2 nitrogen and oxygen atoms in total. The van der Waals surface area contributed by atoms with Crippen molar-refractivity contribution in [1.82, 2.24) is 0 Å². The van der Waals surface area contributed by atoms with Crippen molar-refractivity contribution in [2.24, 2.45) is 5.92 Å². The van der Waals surface area contributed by atoms with Gasteiger partial charge < -0.3 is 4.74 Å². The number of aldehydes is 1. The number of carbonyl (C=O) groups excluding carboxylic acids is 1. The molecule has 0 saturated heterocycles. The molecule has 0 heterocycles. The lowest BCUT2D eigenvalue weighted by Gasteiger charge is -2.11. The van der Waals surface area contributed by atoms with E-state index in [0.29, 0.717) is 18.1 Å². The summed E-state index contributed by atoms with van der Waals surface area (Å²) < 4.78 is 5.67. The third-order valence-corrected chi connectivity index (χ3v) is 3.09. The lowest BCUT2D eigenvalue weighted by Crippen LogP contribution is -2.04. The molecule has 19 heavy (non-hydrogen) atoms. The van der Waals surface area contributed by atoms with Gasteiger partial charge in [0.25, 0.3) is 0 Å². The van der Waals surface area contributed by atoms with Crippen LogP contribution in [0.15, 0.2) is 35.9 Å². The highest BCUT2D eigenvalue weighted by molar-refractivity contribution is 5.75. The average Bonchev–Trinajstić information content (AvgIpc) is 2.38. The molecule has 0 amide bonds. The number of allylic oxidation sites excluding steroid dienone is 2. The first-order valence-electron chi connectivity index (χ1n) is 6.93. The van der Waals surface area contributed by atoms with Crippen LogP contribution in [0.2, 0.25) is 0 Å². The van der Waals surface area contributed by atoms with Gasteiger partial charge in [0.2, 0.25) is 0 Å². The molecule has 1 atom stereocenters. The Hall–Kier alpha value is -1.57. The summed E-state index contributed by atoms with van der Waals surface area (Å²) in [5.74, 6) is 1.44. The van der Waals surface area contributed by atoms with Crippen LogP contribution in [0.25, 0.3) is 0 Å². The van der Waals surface area contributed by atoms with E-state index in [4.69, 9.17) is 4.74 Å². The fraction of sp³-hybridized carbons (Fsp3) is 0.471. The molecule has 0 aliphatic carbocycles. The molecule has 0 aliphatic heterocycles. The first-order valence-corrected chi connectivity index (χ1v) is 6.93. The lowest BCUT2D eigenvalue weighted by atomic mass is 10.0. The Morgan fingerprint density at radius 1 is 1.32 bits per heavy atom. The van der Waals surface area contributed by atoms with Gasteiger partial charge in [-0.15, -0.1) is 0 Å². The van der Waals surface area contributed by atoms with E-state index in [9.17, 15) is 4.79 Å². The standard InChI is InChI=1S/C17H24O2/c1-14(2)6-4-7-15(3)10-11-19-17-9-5-8-16(12-17)13-18/h5-6,8-9,12-13,15H,4,7,10-11H2,1-3H3. The minimum atomic E-state index is 0.657. The van der Waals surface area contributed by atoms with Gasteiger partial charge in [-0.2, -0.15) is 0 Å². The fourth-order valence-electron chi connectivity index (χ4n) is 1.86. The molecule has 104 valence electrons. The summed E-state index contributed by atoms with van der Waals surface area (Å²) in [6.07, 6.45) is 6.51. The van der Waals surface area contributed by atoms with Gasteiger partial charge in [0.15, 0.2) is 0 Å². The van der Waals surface area contributed by atoms with Crippen LogP contribution in [0.5, 0.6) is 5.75 Å². The van der Waals surface area contributed by atoms with Crippen molar-refractivity contribution < 1.29 is 9.53 Å². The topological polar surface area (TPSA) is 26.3 Å². The van der Waals surface area contributed by atoms with Gasteiger partial charge >= 0.3 is 0 Å². The first kappa shape index (κ1) is 15.5. The molecule has 1 aromatic carbocycles. The molecule has 2 heteroatoms.